The third-order valence-electron chi connectivity index (χ3n) is 3.73. The number of nitrogens with one attached hydrogen (secondary N) is 3. The van der Waals surface area contributed by atoms with Gasteiger partial charge in [0.1, 0.15) is 0 Å². The van der Waals surface area contributed by atoms with Crippen LogP contribution in [0.1, 0.15) is 45.0 Å². The van der Waals surface area contributed by atoms with Gasteiger partial charge in [-0.2, -0.15) is 5.10 Å². The lowest BCUT2D eigenvalue weighted by molar-refractivity contribution is 0.287. The third-order valence-corrected chi connectivity index (χ3v) is 3.73. The molecule has 1 aromatic heterocycles. The SMILES string of the molecule is CCNC(=NCc1ccn[nH]1)NC(C)c1ccc(OCC)c(OCC)c1.I. The van der Waals surface area contributed by atoms with Crippen molar-refractivity contribution in [3.8, 4) is 11.5 Å². The summed E-state index contributed by atoms with van der Waals surface area (Å²) in [7, 11) is 0. The van der Waals surface area contributed by atoms with E-state index in [1.165, 1.54) is 0 Å². The van der Waals surface area contributed by atoms with Gasteiger partial charge in [-0.1, -0.05) is 6.07 Å². The van der Waals surface area contributed by atoms with E-state index in [2.05, 4.69) is 32.7 Å². The number of halogens is 1. The molecule has 0 fully saturated rings. The largest absolute Gasteiger partial charge is 0.490 e. The number of nitrogens with zero attached hydrogens (tertiary/aromatic N) is 2. The molecule has 0 aliphatic heterocycles. The lowest BCUT2D eigenvalue weighted by atomic mass is 10.1. The summed E-state index contributed by atoms with van der Waals surface area (Å²) in [6, 6.07) is 7.99. The van der Waals surface area contributed by atoms with Crippen molar-refractivity contribution in [3.63, 3.8) is 0 Å². The molecule has 0 spiro atoms. The number of H-pyrrole nitrogens is 1. The fourth-order valence-electron chi connectivity index (χ4n) is 2.48. The second-order valence-electron chi connectivity index (χ2n) is 5.72. The summed E-state index contributed by atoms with van der Waals surface area (Å²) in [6.45, 7) is 10.6. The van der Waals surface area contributed by atoms with Gasteiger partial charge in [-0.3, -0.25) is 5.10 Å². The molecule has 2 rings (SSSR count). The van der Waals surface area contributed by atoms with E-state index < -0.39 is 0 Å². The summed E-state index contributed by atoms with van der Waals surface area (Å²) in [6.07, 6.45) is 1.73. The van der Waals surface area contributed by atoms with E-state index in [4.69, 9.17) is 9.47 Å². The maximum atomic E-state index is 5.72. The average Bonchev–Trinajstić information content (AvgIpc) is 3.15. The van der Waals surface area contributed by atoms with Crippen LogP contribution in [0.15, 0.2) is 35.5 Å². The Morgan fingerprint density at radius 1 is 1.15 bits per heavy atom. The molecule has 27 heavy (non-hydrogen) atoms. The van der Waals surface area contributed by atoms with Crippen LogP contribution in [0, 0.1) is 0 Å². The lowest BCUT2D eigenvalue weighted by Crippen LogP contribution is -2.38. The summed E-state index contributed by atoms with van der Waals surface area (Å²) in [5.41, 5.74) is 2.07. The Balaban J connectivity index is 0.00000364. The molecule has 0 aliphatic carbocycles. The molecule has 2 aromatic rings. The van der Waals surface area contributed by atoms with E-state index in [1.807, 2.05) is 45.0 Å². The summed E-state index contributed by atoms with van der Waals surface area (Å²) < 4.78 is 11.4. The minimum Gasteiger partial charge on any atom is -0.490 e. The molecule has 1 atom stereocenters. The molecule has 8 heteroatoms. The number of aromatic nitrogens is 2. The maximum Gasteiger partial charge on any atom is 0.192 e. The molecule has 150 valence electrons. The highest BCUT2D eigenvalue weighted by Crippen LogP contribution is 2.30. The zero-order valence-corrected chi connectivity index (χ0v) is 18.7. The highest BCUT2D eigenvalue weighted by molar-refractivity contribution is 14.0. The van der Waals surface area contributed by atoms with Crippen molar-refractivity contribution >= 4 is 29.9 Å². The predicted octanol–water partition coefficient (Wildman–Crippen LogP) is 3.64. The third kappa shape index (κ3) is 7.28. The van der Waals surface area contributed by atoms with Crippen molar-refractivity contribution in [2.24, 2.45) is 4.99 Å². The Hall–Kier alpha value is -1.97. The number of aliphatic imine (C=N–C) groups is 1. The van der Waals surface area contributed by atoms with Gasteiger partial charge in [-0.25, -0.2) is 4.99 Å². The maximum absolute atomic E-state index is 5.72. The van der Waals surface area contributed by atoms with Gasteiger partial charge in [-0.15, -0.1) is 24.0 Å². The van der Waals surface area contributed by atoms with Crippen LogP contribution < -0.4 is 20.1 Å². The normalized spacial score (nSPS) is 12.1. The summed E-state index contributed by atoms with van der Waals surface area (Å²) in [4.78, 5) is 4.59. The fourth-order valence-corrected chi connectivity index (χ4v) is 2.48. The number of rotatable bonds is 9. The minimum absolute atomic E-state index is 0. The van der Waals surface area contributed by atoms with Gasteiger partial charge >= 0.3 is 0 Å². The molecular formula is C19H30IN5O2. The first-order chi connectivity index (χ1) is 12.7. The second kappa shape index (κ2) is 12.4. The van der Waals surface area contributed by atoms with Crippen molar-refractivity contribution < 1.29 is 9.47 Å². The fraction of sp³-hybridized carbons (Fsp3) is 0.474. The van der Waals surface area contributed by atoms with E-state index >= 15 is 0 Å². The van der Waals surface area contributed by atoms with Gasteiger partial charge in [0, 0.05) is 12.7 Å². The molecule has 1 aromatic carbocycles. The quantitative estimate of drug-likeness (QED) is 0.286. The highest BCUT2D eigenvalue weighted by atomic mass is 127. The standard InChI is InChI=1S/C19H29N5O2.HI/c1-5-20-19(21-13-16-10-11-22-24-16)23-14(4)15-8-9-17(25-6-2)18(12-15)26-7-3;/h8-12,14H,5-7,13H2,1-4H3,(H,22,24)(H2,20,21,23);1H. The van der Waals surface area contributed by atoms with Crippen LogP contribution in [0.2, 0.25) is 0 Å². The van der Waals surface area contributed by atoms with E-state index in [1.54, 1.807) is 6.20 Å². The smallest absolute Gasteiger partial charge is 0.192 e. The van der Waals surface area contributed by atoms with E-state index in [-0.39, 0.29) is 30.0 Å². The van der Waals surface area contributed by atoms with Crippen LogP contribution in [-0.4, -0.2) is 35.9 Å². The molecule has 7 nitrogen and oxygen atoms in total. The van der Waals surface area contributed by atoms with Crippen LogP contribution in [0.3, 0.4) is 0 Å². The Bertz CT molecular complexity index is 691. The van der Waals surface area contributed by atoms with E-state index in [0.29, 0.717) is 19.8 Å². The van der Waals surface area contributed by atoms with Crippen molar-refractivity contribution in [1.29, 1.82) is 0 Å². The first kappa shape index (κ1) is 23.1. The number of benzene rings is 1. The Kier molecular flexibility index (Phi) is 10.6. The molecule has 0 saturated carbocycles. The van der Waals surface area contributed by atoms with Crippen LogP contribution in [0.25, 0.3) is 0 Å². The number of hydrogen-bond acceptors (Lipinski definition) is 4. The predicted molar refractivity (Wildman–Crippen MR) is 119 cm³/mol. The number of ether oxygens (including phenoxy) is 2. The van der Waals surface area contributed by atoms with Crippen LogP contribution >= 0.6 is 24.0 Å². The van der Waals surface area contributed by atoms with Crippen molar-refractivity contribution in [1.82, 2.24) is 20.8 Å². The molecule has 0 aliphatic rings. The molecule has 0 bridgehead atoms. The van der Waals surface area contributed by atoms with Crippen LogP contribution in [0.4, 0.5) is 0 Å². The molecule has 1 unspecified atom stereocenters. The monoisotopic (exact) mass is 487 g/mol. The minimum atomic E-state index is 0. The molecule has 0 amide bonds. The zero-order chi connectivity index (χ0) is 18.8. The van der Waals surface area contributed by atoms with Gasteiger partial charge in [0.15, 0.2) is 17.5 Å². The second-order valence-corrected chi connectivity index (χ2v) is 5.72. The molecule has 0 saturated heterocycles. The zero-order valence-electron chi connectivity index (χ0n) is 16.4. The van der Waals surface area contributed by atoms with E-state index in [9.17, 15) is 0 Å². The van der Waals surface area contributed by atoms with Gasteiger partial charge < -0.3 is 20.1 Å². The lowest BCUT2D eigenvalue weighted by Gasteiger charge is -2.20. The summed E-state index contributed by atoms with van der Waals surface area (Å²) >= 11 is 0. The molecule has 3 N–H and O–H groups in total. The van der Waals surface area contributed by atoms with Crippen molar-refractivity contribution in [2.75, 3.05) is 19.8 Å². The number of hydrogen-bond donors (Lipinski definition) is 3. The number of guanidine groups is 1. The van der Waals surface area contributed by atoms with Crippen LogP contribution in [0.5, 0.6) is 11.5 Å². The molecule has 0 radical (unpaired) electrons. The highest BCUT2D eigenvalue weighted by Gasteiger charge is 2.12. The average molecular weight is 487 g/mol. The van der Waals surface area contributed by atoms with Gasteiger partial charge in [0.25, 0.3) is 0 Å². The van der Waals surface area contributed by atoms with Crippen molar-refractivity contribution in [3.05, 3.63) is 41.7 Å². The van der Waals surface area contributed by atoms with Gasteiger partial charge in [-0.05, 0) is 51.5 Å². The van der Waals surface area contributed by atoms with Gasteiger partial charge in [0.05, 0.1) is 31.5 Å². The Morgan fingerprint density at radius 2 is 1.89 bits per heavy atom. The first-order valence-corrected chi connectivity index (χ1v) is 9.10. The van der Waals surface area contributed by atoms with Gasteiger partial charge in [0.2, 0.25) is 0 Å². The summed E-state index contributed by atoms with van der Waals surface area (Å²) in [5, 5.41) is 13.6. The molecule has 1 heterocycles. The topological polar surface area (TPSA) is 83.6 Å². The Morgan fingerprint density at radius 3 is 2.52 bits per heavy atom. The van der Waals surface area contributed by atoms with Crippen LogP contribution in [-0.2, 0) is 6.54 Å². The summed E-state index contributed by atoms with van der Waals surface area (Å²) in [5.74, 6) is 2.28. The van der Waals surface area contributed by atoms with E-state index in [0.717, 1.165) is 35.3 Å². The van der Waals surface area contributed by atoms with Crippen molar-refractivity contribution in [2.45, 2.75) is 40.3 Å². The first-order valence-electron chi connectivity index (χ1n) is 9.10. The Labute approximate surface area is 178 Å². The molecular weight excluding hydrogens is 457 g/mol. The number of aromatic amines is 1.